The molecule has 0 aliphatic rings. The fraction of sp³-hybridized carbons (Fsp3) is 0.200. The molecular weight excluding hydrogens is 411 g/mol. The van der Waals surface area contributed by atoms with Crippen LogP contribution in [0, 0.1) is 6.92 Å². The smallest absolute Gasteiger partial charge is 0.343 e. The summed E-state index contributed by atoms with van der Waals surface area (Å²) in [6.45, 7) is 0.557. The van der Waals surface area contributed by atoms with Gasteiger partial charge in [0.25, 0.3) is 5.91 Å². The van der Waals surface area contributed by atoms with Gasteiger partial charge in [-0.2, -0.15) is 23.3 Å². The van der Waals surface area contributed by atoms with Crippen LogP contribution in [0.1, 0.15) is 16.1 Å². The number of carbonyl (C=O) groups is 1. The topological polar surface area (TPSA) is 101 Å². The molecule has 31 heavy (non-hydrogen) atoms. The molecular formula is C20H18F3N7O. The summed E-state index contributed by atoms with van der Waals surface area (Å²) in [5.41, 5.74) is 3.37. The van der Waals surface area contributed by atoms with Crippen molar-refractivity contribution in [1.29, 1.82) is 0 Å². The van der Waals surface area contributed by atoms with Crippen LogP contribution < -0.4 is 10.6 Å². The Morgan fingerprint density at radius 2 is 1.90 bits per heavy atom. The number of halogens is 3. The van der Waals surface area contributed by atoms with Crippen molar-refractivity contribution in [3.05, 3.63) is 53.7 Å². The number of aromatic nitrogens is 5. The standard InChI is InChI=1S/C20H18F3N7O/c1-11-15-9-14(7-8-16(15)28-27-11)25-19-26-17(29-30(19)2)12-3-5-13(6-4-12)18(31)24-10-20(21,22)23/h3-9H,10H2,1-2H3,(H,24,31)(H,27,28)(H,25,26,29). The summed E-state index contributed by atoms with van der Waals surface area (Å²) >= 11 is 0. The van der Waals surface area contributed by atoms with E-state index in [-0.39, 0.29) is 5.56 Å². The highest BCUT2D eigenvalue weighted by molar-refractivity contribution is 5.94. The number of rotatable bonds is 5. The monoisotopic (exact) mass is 429 g/mol. The van der Waals surface area contributed by atoms with Crippen molar-refractivity contribution in [2.24, 2.45) is 7.05 Å². The number of anilines is 2. The number of benzene rings is 2. The second-order valence-electron chi connectivity index (χ2n) is 6.96. The van der Waals surface area contributed by atoms with Crippen LogP contribution in [0.15, 0.2) is 42.5 Å². The summed E-state index contributed by atoms with van der Waals surface area (Å²) in [6, 6.07) is 11.8. The van der Waals surface area contributed by atoms with Crippen LogP contribution in [0.4, 0.5) is 24.8 Å². The van der Waals surface area contributed by atoms with E-state index in [1.165, 1.54) is 12.1 Å². The highest BCUT2D eigenvalue weighted by Crippen LogP contribution is 2.24. The first-order valence-corrected chi connectivity index (χ1v) is 9.28. The van der Waals surface area contributed by atoms with Crippen LogP contribution in [0.2, 0.25) is 0 Å². The summed E-state index contributed by atoms with van der Waals surface area (Å²) in [7, 11) is 1.74. The van der Waals surface area contributed by atoms with Gasteiger partial charge in [0.15, 0.2) is 5.82 Å². The molecule has 2 aromatic carbocycles. The number of hydrogen-bond donors (Lipinski definition) is 3. The molecule has 4 rings (SSSR count). The molecule has 11 heteroatoms. The molecule has 160 valence electrons. The van der Waals surface area contributed by atoms with Crippen molar-refractivity contribution in [1.82, 2.24) is 30.3 Å². The molecule has 0 aliphatic carbocycles. The Bertz CT molecular complexity index is 1240. The van der Waals surface area contributed by atoms with Crippen LogP contribution in [-0.4, -0.2) is 43.6 Å². The number of nitrogens with one attached hydrogen (secondary N) is 3. The summed E-state index contributed by atoms with van der Waals surface area (Å²) in [5, 5.41) is 17.5. The van der Waals surface area contributed by atoms with E-state index in [9.17, 15) is 18.0 Å². The van der Waals surface area contributed by atoms with Gasteiger partial charge in [-0.3, -0.25) is 9.89 Å². The zero-order valence-electron chi connectivity index (χ0n) is 16.6. The van der Waals surface area contributed by atoms with Gasteiger partial charge >= 0.3 is 6.18 Å². The van der Waals surface area contributed by atoms with Gasteiger partial charge in [0.2, 0.25) is 5.95 Å². The molecule has 0 unspecified atom stereocenters. The average molecular weight is 429 g/mol. The predicted octanol–water partition coefficient (Wildman–Crippen LogP) is 3.70. The fourth-order valence-electron chi connectivity index (χ4n) is 3.01. The number of carbonyl (C=O) groups excluding carboxylic acids is 1. The first kappa shape index (κ1) is 20.4. The van der Waals surface area contributed by atoms with Crippen LogP contribution in [0.25, 0.3) is 22.3 Å². The molecule has 3 N–H and O–H groups in total. The SMILES string of the molecule is Cc1[nH]nc2ccc(Nc3nc(-c4ccc(C(=O)NCC(F)(F)F)cc4)nn3C)cc12. The second-order valence-corrected chi connectivity index (χ2v) is 6.96. The number of H-pyrrole nitrogens is 1. The van der Waals surface area contributed by atoms with Gasteiger partial charge < -0.3 is 10.6 Å². The molecule has 2 aromatic heterocycles. The molecule has 0 bridgehead atoms. The lowest BCUT2D eigenvalue weighted by Crippen LogP contribution is -2.33. The maximum atomic E-state index is 12.2. The summed E-state index contributed by atoms with van der Waals surface area (Å²) in [5.74, 6) is 0.112. The number of aryl methyl sites for hydroxylation is 2. The van der Waals surface area contributed by atoms with Gasteiger partial charge in [-0.05, 0) is 37.3 Å². The molecule has 8 nitrogen and oxygen atoms in total. The summed E-state index contributed by atoms with van der Waals surface area (Å²) in [6.07, 6.45) is -4.46. The molecule has 0 spiro atoms. The number of aromatic amines is 1. The Morgan fingerprint density at radius 3 is 2.61 bits per heavy atom. The fourth-order valence-corrected chi connectivity index (χ4v) is 3.01. The van der Waals surface area contributed by atoms with E-state index in [2.05, 4.69) is 25.6 Å². The van der Waals surface area contributed by atoms with Gasteiger partial charge in [0.05, 0.1) is 5.52 Å². The number of nitrogens with zero attached hydrogens (tertiary/aromatic N) is 4. The van der Waals surface area contributed by atoms with Crippen molar-refractivity contribution in [2.45, 2.75) is 13.1 Å². The minimum Gasteiger partial charge on any atom is -0.343 e. The number of fused-ring (bicyclic) bond motifs is 1. The normalized spacial score (nSPS) is 11.6. The zero-order valence-corrected chi connectivity index (χ0v) is 16.6. The summed E-state index contributed by atoms with van der Waals surface area (Å²) < 4.78 is 38.3. The molecule has 0 aliphatic heterocycles. The largest absolute Gasteiger partial charge is 0.405 e. The van der Waals surface area contributed by atoms with Crippen molar-refractivity contribution in [3.63, 3.8) is 0 Å². The Labute approximate surface area is 174 Å². The molecule has 4 aromatic rings. The van der Waals surface area contributed by atoms with E-state index in [1.807, 2.05) is 30.4 Å². The lowest BCUT2D eigenvalue weighted by atomic mass is 10.1. The van der Waals surface area contributed by atoms with Gasteiger partial charge in [0, 0.05) is 34.9 Å². The van der Waals surface area contributed by atoms with Gasteiger partial charge in [-0.1, -0.05) is 12.1 Å². The minimum atomic E-state index is -4.46. The molecule has 0 saturated heterocycles. The van der Waals surface area contributed by atoms with E-state index in [4.69, 9.17) is 0 Å². The summed E-state index contributed by atoms with van der Waals surface area (Å²) in [4.78, 5) is 16.3. The van der Waals surface area contributed by atoms with Crippen molar-refractivity contribution in [2.75, 3.05) is 11.9 Å². The molecule has 0 radical (unpaired) electrons. The Hall–Kier alpha value is -3.89. The van der Waals surface area contributed by atoms with Gasteiger partial charge in [-0.15, -0.1) is 5.10 Å². The quantitative estimate of drug-likeness (QED) is 0.449. The van der Waals surface area contributed by atoms with Crippen LogP contribution in [0.3, 0.4) is 0 Å². The minimum absolute atomic E-state index is 0.117. The average Bonchev–Trinajstić information content (AvgIpc) is 3.28. The molecule has 1 amide bonds. The number of hydrogen-bond acceptors (Lipinski definition) is 5. The van der Waals surface area contributed by atoms with E-state index < -0.39 is 18.6 Å². The van der Waals surface area contributed by atoms with Crippen LogP contribution in [-0.2, 0) is 7.05 Å². The highest BCUT2D eigenvalue weighted by Gasteiger charge is 2.27. The maximum Gasteiger partial charge on any atom is 0.405 e. The zero-order chi connectivity index (χ0) is 22.2. The van der Waals surface area contributed by atoms with Crippen molar-refractivity contribution in [3.8, 4) is 11.4 Å². The maximum absolute atomic E-state index is 12.2. The molecule has 2 heterocycles. The van der Waals surface area contributed by atoms with Gasteiger partial charge in [-0.25, -0.2) is 4.68 Å². The number of amides is 1. The molecule has 0 atom stereocenters. The number of alkyl halides is 3. The van der Waals surface area contributed by atoms with E-state index in [1.54, 1.807) is 23.9 Å². The first-order valence-electron chi connectivity index (χ1n) is 9.28. The lowest BCUT2D eigenvalue weighted by Gasteiger charge is -2.08. The third kappa shape index (κ3) is 4.49. The first-order chi connectivity index (χ1) is 14.7. The highest BCUT2D eigenvalue weighted by atomic mass is 19.4. The third-order valence-electron chi connectivity index (χ3n) is 4.62. The Kier molecular flexibility index (Phi) is 5.09. The van der Waals surface area contributed by atoms with E-state index >= 15 is 0 Å². The molecule has 0 fully saturated rings. The van der Waals surface area contributed by atoms with E-state index in [0.29, 0.717) is 17.3 Å². The predicted molar refractivity (Wildman–Crippen MR) is 109 cm³/mol. The Morgan fingerprint density at radius 1 is 1.16 bits per heavy atom. The third-order valence-corrected chi connectivity index (χ3v) is 4.62. The van der Waals surface area contributed by atoms with Crippen molar-refractivity contribution < 1.29 is 18.0 Å². The molecule has 0 saturated carbocycles. The van der Waals surface area contributed by atoms with Crippen molar-refractivity contribution >= 4 is 28.4 Å². The van der Waals surface area contributed by atoms with Gasteiger partial charge in [0.1, 0.15) is 6.54 Å². The van der Waals surface area contributed by atoms with E-state index in [0.717, 1.165) is 22.3 Å². The lowest BCUT2D eigenvalue weighted by molar-refractivity contribution is -0.123. The second kappa shape index (κ2) is 7.74. The van der Waals surface area contributed by atoms with Crippen LogP contribution >= 0.6 is 0 Å². The Balaban J connectivity index is 1.50. The van der Waals surface area contributed by atoms with Crippen LogP contribution in [0.5, 0.6) is 0 Å².